The summed E-state index contributed by atoms with van der Waals surface area (Å²) in [4.78, 5) is 28.2. The standard InChI is InChI=1S/C29H26FNO4/c1-34-27-16-20(12-15-26(27)35-18-19-10-13-21(30)14-11-19)23-17-28(33)31(22-6-3-2-4-7-22)24-8-5-9-25(32)29(23)24/h2-4,6-7,10-16,23H,5,8-9,17-18H2,1H3. The van der Waals surface area contributed by atoms with E-state index < -0.39 is 0 Å². The third-order valence-electron chi connectivity index (χ3n) is 6.59. The van der Waals surface area contributed by atoms with Gasteiger partial charge in [0.1, 0.15) is 12.4 Å². The molecule has 5 nitrogen and oxygen atoms in total. The lowest BCUT2D eigenvalue weighted by Gasteiger charge is -2.38. The molecule has 0 aromatic heterocycles. The van der Waals surface area contributed by atoms with E-state index in [1.807, 2.05) is 42.5 Å². The summed E-state index contributed by atoms with van der Waals surface area (Å²) in [6.07, 6.45) is 2.12. The number of carbonyl (C=O) groups is 2. The van der Waals surface area contributed by atoms with Crippen LogP contribution < -0.4 is 14.4 Å². The van der Waals surface area contributed by atoms with Crippen molar-refractivity contribution in [1.29, 1.82) is 0 Å². The number of ketones is 1. The van der Waals surface area contributed by atoms with Crippen LogP contribution in [0.2, 0.25) is 0 Å². The van der Waals surface area contributed by atoms with Crippen molar-refractivity contribution in [2.24, 2.45) is 0 Å². The summed E-state index contributed by atoms with van der Waals surface area (Å²) in [6, 6.07) is 21.2. The predicted octanol–water partition coefficient (Wildman–Crippen LogP) is 5.94. The first-order valence-corrected chi connectivity index (χ1v) is 11.7. The van der Waals surface area contributed by atoms with Crippen LogP contribution in [0, 0.1) is 5.82 Å². The van der Waals surface area contributed by atoms with Gasteiger partial charge in [0.25, 0.3) is 0 Å². The van der Waals surface area contributed by atoms with E-state index in [0.29, 0.717) is 24.3 Å². The molecule has 0 N–H and O–H groups in total. The molecule has 0 bridgehead atoms. The summed E-state index contributed by atoms with van der Waals surface area (Å²) in [7, 11) is 1.56. The maximum absolute atomic E-state index is 13.3. The molecule has 1 unspecified atom stereocenters. The number of methoxy groups -OCH3 is 1. The molecule has 5 rings (SSSR count). The van der Waals surface area contributed by atoms with Gasteiger partial charge in [-0.05, 0) is 60.4 Å². The fourth-order valence-electron chi connectivity index (χ4n) is 4.92. The SMILES string of the molecule is COc1cc(C2CC(=O)N(c3ccccc3)C3=C2C(=O)CCC3)ccc1OCc1ccc(F)cc1. The van der Waals surface area contributed by atoms with E-state index in [2.05, 4.69) is 0 Å². The summed E-state index contributed by atoms with van der Waals surface area (Å²) in [5.41, 5.74) is 4.00. The molecular formula is C29H26FNO4. The Hall–Kier alpha value is -3.93. The Morgan fingerprint density at radius 2 is 1.71 bits per heavy atom. The molecule has 1 heterocycles. The number of para-hydroxylation sites is 1. The number of allylic oxidation sites excluding steroid dienone is 2. The van der Waals surface area contributed by atoms with Gasteiger partial charge in [-0.25, -0.2) is 4.39 Å². The van der Waals surface area contributed by atoms with Gasteiger partial charge in [0, 0.05) is 35.7 Å². The number of anilines is 1. The van der Waals surface area contributed by atoms with Crippen LogP contribution in [0.25, 0.3) is 0 Å². The van der Waals surface area contributed by atoms with Crippen LogP contribution >= 0.6 is 0 Å². The van der Waals surface area contributed by atoms with Crippen molar-refractivity contribution in [3.05, 3.63) is 101 Å². The molecule has 0 saturated carbocycles. The topological polar surface area (TPSA) is 55.8 Å². The fraction of sp³-hybridized carbons (Fsp3) is 0.241. The minimum Gasteiger partial charge on any atom is -0.493 e. The highest BCUT2D eigenvalue weighted by atomic mass is 19.1. The number of ether oxygens (including phenoxy) is 2. The van der Waals surface area contributed by atoms with Crippen LogP contribution in [0.1, 0.15) is 42.7 Å². The van der Waals surface area contributed by atoms with Gasteiger partial charge in [0.05, 0.1) is 7.11 Å². The average molecular weight is 472 g/mol. The normalized spacial score (nSPS) is 17.9. The van der Waals surface area contributed by atoms with Crippen LogP contribution in [-0.4, -0.2) is 18.8 Å². The Morgan fingerprint density at radius 3 is 2.46 bits per heavy atom. The highest BCUT2D eigenvalue weighted by molar-refractivity contribution is 6.07. The van der Waals surface area contributed by atoms with Crippen LogP contribution in [0.15, 0.2) is 84.1 Å². The van der Waals surface area contributed by atoms with Crippen molar-refractivity contribution >= 4 is 17.4 Å². The van der Waals surface area contributed by atoms with Crippen LogP contribution in [-0.2, 0) is 16.2 Å². The zero-order valence-corrected chi connectivity index (χ0v) is 19.5. The van der Waals surface area contributed by atoms with Crippen LogP contribution in [0.3, 0.4) is 0 Å². The Labute approximate surface area is 203 Å². The van der Waals surface area contributed by atoms with E-state index in [-0.39, 0.29) is 36.5 Å². The molecule has 0 radical (unpaired) electrons. The molecule has 0 saturated heterocycles. The number of amides is 1. The Kier molecular flexibility index (Phi) is 6.36. The maximum Gasteiger partial charge on any atom is 0.232 e. The first-order valence-electron chi connectivity index (χ1n) is 11.7. The summed E-state index contributed by atoms with van der Waals surface area (Å²) in [6.45, 7) is 0.262. The van der Waals surface area contributed by atoms with Gasteiger partial charge in [-0.2, -0.15) is 0 Å². The second-order valence-electron chi connectivity index (χ2n) is 8.78. The van der Waals surface area contributed by atoms with E-state index >= 15 is 0 Å². The second-order valence-corrected chi connectivity index (χ2v) is 8.78. The minimum atomic E-state index is -0.328. The second kappa shape index (κ2) is 9.74. The molecule has 3 aromatic carbocycles. The van der Waals surface area contributed by atoms with Gasteiger partial charge in [-0.3, -0.25) is 14.5 Å². The zero-order valence-electron chi connectivity index (χ0n) is 19.5. The molecule has 6 heteroatoms. The lowest BCUT2D eigenvalue weighted by atomic mass is 9.77. The van der Waals surface area contributed by atoms with E-state index in [0.717, 1.165) is 34.5 Å². The summed E-state index contributed by atoms with van der Waals surface area (Å²) >= 11 is 0. The van der Waals surface area contributed by atoms with Crippen LogP contribution in [0.4, 0.5) is 10.1 Å². The molecule has 1 amide bonds. The van der Waals surface area contributed by atoms with Crippen molar-refractivity contribution in [2.75, 3.05) is 12.0 Å². The first kappa shape index (κ1) is 22.8. The number of hydrogen-bond donors (Lipinski definition) is 0. The van der Waals surface area contributed by atoms with Crippen molar-refractivity contribution < 1.29 is 23.5 Å². The van der Waals surface area contributed by atoms with Gasteiger partial charge in [-0.1, -0.05) is 36.4 Å². The molecule has 0 spiro atoms. The highest BCUT2D eigenvalue weighted by Gasteiger charge is 2.39. The quantitative estimate of drug-likeness (QED) is 0.446. The van der Waals surface area contributed by atoms with Crippen molar-refractivity contribution in [1.82, 2.24) is 0 Å². The van der Waals surface area contributed by atoms with Gasteiger partial charge < -0.3 is 9.47 Å². The fourth-order valence-corrected chi connectivity index (χ4v) is 4.92. The Balaban J connectivity index is 1.47. The predicted molar refractivity (Wildman–Crippen MR) is 131 cm³/mol. The van der Waals surface area contributed by atoms with Crippen molar-refractivity contribution in [2.45, 2.75) is 38.2 Å². The number of nitrogens with zero attached hydrogens (tertiary/aromatic N) is 1. The molecule has 3 aromatic rings. The number of Topliss-reactive ketones (excluding diaryl/α,β-unsaturated/α-hetero) is 1. The number of rotatable bonds is 6. The third-order valence-corrected chi connectivity index (χ3v) is 6.59. The van der Waals surface area contributed by atoms with Crippen molar-refractivity contribution in [3.8, 4) is 11.5 Å². The van der Waals surface area contributed by atoms with Gasteiger partial charge in [0.2, 0.25) is 5.91 Å². The van der Waals surface area contributed by atoms with Gasteiger partial charge >= 0.3 is 0 Å². The lowest BCUT2D eigenvalue weighted by Crippen LogP contribution is -2.40. The number of hydrogen-bond acceptors (Lipinski definition) is 4. The molecule has 0 fully saturated rings. The molecule has 2 aliphatic rings. The van der Waals surface area contributed by atoms with E-state index in [1.54, 1.807) is 30.2 Å². The largest absolute Gasteiger partial charge is 0.493 e. The molecule has 1 aliphatic carbocycles. The third kappa shape index (κ3) is 4.56. The highest BCUT2D eigenvalue weighted by Crippen LogP contribution is 2.44. The molecular weight excluding hydrogens is 445 g/mol. The monoisotopic (exact) mass is 471 g/mol. The van der Waals surface area contributed by atoms with Gasteiger partial charge in [0.15, 0.2) is 17.3 Å². The van der Waals surface area contributed by atoms with E-state index in [4.69, 9.17) is 9.47 Å². The van der Waals surface area contributed by atoms with E-state index in [9.17, 15) is 14.0 Å². The lowest BCUT2D eigenvalue weighted by molar-refractivity contribution is -0.119. The average Bonchev–Trinajstić information content (AvgIpc) is 2.88. The summed E-state index contributed by atoms with van der Waals surface area (Å²) in [5, 5.41) is 0. The molecule has 35 heavy (non-hydrogen) atoms. The molecule has 1 aliphatic heterocycles. The Morgan fingerprint density at radius 1 is 0.943 bits per heavy atom. The summed E-state index contributed by atoms with van der Waals surface area (Å²) in [5.74, 6) is 0.510. The van der Waals surface area contributed by atoms with E-state index in [1.165, 1.54) is 12.1 Å². The van der Waals surface area contributed by atoms with Crippen molar-refractivity contribution in [3.63, 3.8) is 0 Å². The summed E-state index contributed by atoms with van der Waals surface area (Å²) < 4.78 is 24.7. The zero-order chi connectivity index (χ0) is 24.4. The minimum absolute atomic E-state index is 0.0229. The maximum atomic E-state index is 13.3. The Bertz CT molecular complexity index is 1280. The smallest absolute Gasteiger partial charge is 0.232 e. The molecule has 1 atom stereocenters. The number of halogens is 1. The molecule has 178 valence electrons. The number of carbonyl (C=O) groups excluding carboxylic acids is 2. The van der Waals surface area contributed by atoms with Crippen LogP contribution in [0.5, 0.6) is 11.5 Å². The first-order chi connectivity index (χ1) is 17.0. The number of benzene rings is 3. The van der Waals surface area contributed by atoms with Gasteiger partial charge in [-0.15, -0.1) is 0 Å².